The average Bonchev–Trinajstić information content (AvgIpc) is 3.04. The van der Waals surface area contributed by atoms with E-state index in [4.69, 9.17) is 19.3 Å². The molecule has 0 bridgehead atoms. The summed E-state index contributed by atoms with van der Waals surface area (Å²) in [6.45, 7) is 3.87. The fourth-order valence-corrected chi connectivity index (χ4v) is 5.12. The minimum atomic E-state index is -0.267. The number of methoxy groups -OCH3 is 3. The van der Waals surface area contributed by atoms with Gasteiger partial charge in [0.1, 0.15) is 11.6 Å². The van der Waals surface area contributed by atoms with E-state index in [9.17, 15) is 4.79 Å². The molecule has 7 nitrogen and oxygen atoms in total. The molecule has 0 radical (unpaired) electrons. The Bertz CT molecular complexity index is 1110. The molecule has 0 saturated heterocycles. The molecule has 2 heterocycles. The van der Waals surface area contributed by atoms with Gasteiger partial charge in [0.25, 0.3) is 0 Å². The summed E-state index contributed by atoms with van der Waals surface area (Å²) in [7, 11) is 4.88. The van der Waals surface area contributed by atoms with Crippen LogP contribution in [0.25, 0.3) is 5.69 Å². The zero-order chi connectivity index (χ0) is 22.1. The summed E-state index contributed by atoms with van der Waals surface area (Å²) >= 11 is 1.57. The number of amides is 1. The predicted molar refractivity (Wildman–Crippen MR) is 122 cm³/mol. The fourth-order valence-electron chi connectivity index (χ4n) is 3.78. The van der Waals surface area contributed by atoms with Crippen molar-refractivity contribution < 1.29 is 19.0 Å². The van der Waals surface area contributed by atoms with E-state index < -0.39 is 0 Å². The molecule has 31 heavy (non-hydrogen) atoms. The first-order valence-corrected chi connectivity index (χ1v) is 10.8. The maximum Gasteiger partial charge on any atom is 0.238 e. The molecule has 0 fully saturated rings. The third-order valence-corrected chi connectivity index (χ3v) is 6.74. The minimum Gasteiger partial charge on any atom is -0.497 e. The molecule has 8 heteroatoms. The van der Waals surface area contributed by atoms with Crippen molar-refractivity contribution >= 4 is 23.5 Å². The quantitative estimate of drug-likeness (QED) is 0.636. The van der Waals surface area contributed by atoms with Crippen LogP contribution in [0.3, 0.4) is 0 Å². The molecule has 1 amide bonds. The molecule has 3 aromatic rings. The number of hydrogen-bond acceptors (Lipinski definition) is 6. The Morgan fingerprint density at radius 3 is 2.42 bits per heavy atom. The Kier molecular flexibility index (Phi) is 5.82. The standard InChI is InChI=1S/C23H25N3O4S/c1-13-19-21(17-7-6-8-18(29-4)20(17)30-5)31-14(2)23(27)24-22(19)26(25-13)15-9-11-16(28-3)12-10-15/h6-12,14,21H,1-5H3,(H,24,27)/t14-,21+/m1/s1. The Hall–Kier alpha value is -3.13. The van der Waals surface area contributed by atoms with Crippen molar-refractivity contribution in [1.82, 2.24) is 9.78 Å². The second-order valence-corrected chi connectivity index (χ2v) is 8.64. The first-order chi connectivity index (χ1) is 15.0. The van der Waals surface area contributed by atoms with E-state index in [1.165, 1.54) is 0 Å². The molecule has 1 aliphatic rings. The van der Waals surface area contributed by atoms with E-state index in [0.717, 1.165) is 28.3 Å². The van der Waals surface area contributed by atoms with E-state index >= 15 is 0 Å². The predicted octanol–water partition coefficient (Wildman–Crippen LogP) is 4.37. The molecule has 1 N–H and O–H groups in total. The molecule has 0 spiro atoms. The van der Waals surface area contributed by atoms with Crippen molar-refractivity contribution in [3.8, 4) is 22.9 Å². The second-order valence-electron chi connectivity index (χ2n) is 7.19. The zero-order valence-corrected chi connectivity index (χ0v) is 18.9. The van der Waals surface area contributed by atoms with Crippen LogP contribution in [0, 0.1) is 6.92 Å². The molecule has 2 atom stereocenters. The van der Waals surface area contributed by atoms with Crippen molar-refractivity contribution in [1.29, 1.82) is 0 Å². The van der Waals surface area contributed by atoms with Crippen LogP contribution in [-0.4, -0.2) is 42.3 Å². The number of nitrogens with one attached hydrogen (secondary N) is 1. The summed E-state index contributed by atoms with van der Waals surface area (Å²) in [5.41, 5.74) is 3.56. The number of hydrogen-bond donors (Lipinski definition) is 1. The van der Waals surface area contributed by atoms with Crippen LogP contribution in [-0.2, 0) is 4.79 Å². The summed E-state index contributed by atoms with van der Waals surface area (Å²) in [6.07, 6.45) is 0. The number of carbonyl (C=O) groups is 1. The second kappa shape index (κ2) is 8.55. The average molecular weight is 440 g/mol. The number of benzene rings is 2. The third-order valence-electron chi connectivity index (χ3n) is 5.35. The Morgan fingerprint density at radius 1 is 1.03 bits per heavy atom. The fraction of sp³-hybridized carbons (Fsp3) is 0.304. The van der Waals surface area contributed by atoms with Gasteiger partial charge < -0.3 is 19.5 Å². The lowest BCUT2D eigenvalue weighted by Crippen LogP contribution is -2.22. The van der Waals surface area contributed by atoms with Gasteiger partial charge in [-0.1, -0.05) is 12.1 Å². The van der Waals surface area contributed by atoms with Crippen LogP contribution in [0.1, 0.15) is 29.0 Å². The number of thioether (sulfide) groups is 1. The van der Waals surface area contributed by atoms with Crippen LogP contribution in [0.2, 0.25) is 0 Å². The van der Waals surface area contributed by atoms with Crippen LogP contribution < -0.4 is 19.5 Å². The van der Waals surface area contributed by atoms with E-state index in [1.807, 2.05) is 56.3 Å². The number of rotatable bonds is 5. The first kappa shape index (κ1) is 21.1. The van der Waals surface area contributed by atoms with Crippen LogP contribution >= 0.6 is 11.8 Å². The van der Waals surface area contributed by atoms with E-state index in [1.54, 1.807) is 37.8 Å². The summed E-state index contributed by atoms with van der Waals surface area (Å²) in [5.74, 6) is 2.67. The van der Waals surface area contributed by atoms with Crippen molar-refractivity contribution in [2.24, 2.45) is 0 Å². The van der Waals surface area contributed by atoms with Crippen molar-refractivity contribution in [2.45, 2.75) is 24.3 Å². The Labute approximate surface area is 185 Å². The summed E-state index contributed by atoms with van der Waals surface area (Å²) in [6, 6.07) is 13.4. The van der Waals surface area contributed by atoms with E-state index in [-0.39, 0.29) is 16.4 Å². The van der Waals surface area contributed by atoms with Crippen molar-refractivity contribution in [3.05, 3.63) is 59.3 Å². The number of aromatic nitrogens is 2. The highest BCUT2D eigenvalue weighted by atomic mass is 32.2. The molecular weight excluding hydrogens is 414 g/mol. The van der Waals surface area contributed by atoms with Crippen LogP contribution in [0.4, 0.5) is 5.82 Å². The Balaban J connectivity index is 1.91. The SMILES string of the molecule is COc1ccc(-n2nc(C)c3c2NC(=O)[C@@H](C)S[C@H]3c2cccc(OC)c2OC)cc1. The van der Waals surface area contributed by atoms with Crippen LogP contribution in [0.5, 0.6) is 17.2 Å². The van der Waals surface area contributed by atoms with E-state index in [2.05, 4.69) is 5.32 Å². The number of para-hydroxylation sites is 1. The first-order valence-electron chi connectivity index (χ1n) is 9.89. The molecule has 1 aromatic heterocycles. The van der Waals surface area contributed by atoms with Gasteiger partial charge in [-0.15, -0.1) is 11.8 Å². The highest BCUT2D eigenvalue weighted by Crippen LogP contribution is 2.50. The number of nitrogens with zero attached hydrogens (tertiary/aromatic N) is 2. The largest absolute Gasteiger partial charge is 0.497 e. The topological polar surface area (TPSA) is 74.6 Å². The molecule has 0 unspecified atom stereocenters. The third kappa shape index (κ3) is 3.72. The number of ether oxygens (including phenoxy) is 3. The number of aryl methyl sites for hydroxylation is 1. The van der Waals surface area contributed by atoms with Gasteiger partial charge in [0.2, 0.25) is 5.91 Å². The summed E-state index contributed by atoms with van der Waals surface area (Å²) < 4.78 is 18.3. The molecule has 4 rings (SSSR count). The minimum absolute atomic E-state index is 0.0646. The van der Waals surface area contributed by atoms with Gasteiger partial charge in [-0.25, -0.2) is 4.68 Å². The van der Waals surface area contributed by atoms with Crippen LogP contribution in [0.15, 0.2) is 42.5 Å². The lowest BCUT2D eigenvalue weighted by molar-refractivity contribution is -0.115. The maximum atomic E-state index is 12.9. The van der Waals surface area contributed by atoms with Gasteiger partial charge >= 0.3 is 0 Å². The normalized spacial score (nSPS) is 18.0. The van der Waals surface area contributed by atoms with Gasteiger partial charge in [-0.05, 0) is 44.2 Å². The molecule has 0 saturated carbocycles. The maximum absolute atomic E-state index is 12.9. The summed E-state index contributed by atoms with van der Waals surface area (Å²) in [5, 5.41) is 7.43. The van der Waals surface area contributed by atoms with Crippen molar-refractivity contribution in [2.75, 3.05) is 26.6 Å². The summed E-state index contributed by atoms with van der Waals surface area (Å²) in [4.78, 5) is 12.9. The smallest absolute Gasteiger partial charge is 0.238 e. The number of fused-ring (bicyclic) bond motifs is 1. The van der Waals surface area contributed by atoms with Crippen molar-refractivity contribution in [3.63, 3.8) is 0 Å². The molecule has 162 valence electrons. The van der Waals surface area contributed by atoms with E-state index in [0.29, 0.717) is 17.3 Å². The molecule has 1 aliphatic heterocycles. The van der Waals surface area contributed by atoms with Gasteiger partial charge in [0, 0.05) is 11.1 Å². The molecular formula is C23H25N3O4S. The highest BCUT2D eigenvalue weighted by molar-refractivity contribution is 8.01. The lowest BCUT2D eigenvalue weighted by Gasteiger charge is -2.21. The number of carbonyl (C=O) groups excluding carboxylic acids is 1. The number of anilines is 1. The molecule has 0 aliphatic carbocycles. The monoisotopic (exact) mass is 439 g/mol. The molecule has 2 aromatic carbocycles. The van der Waals surface area contributed by atoms with Gasteiger partial charge in [-0.2, -0.15) is 5.10 Å². The van der Waals surface area contributed by atoms with Gasteiger partial charge in [0.15, 0.2) is 11.5 Å². The van der Waals surface area contributed by atoms with Gasteiger partial charge in [-0.3, -0.25) is 4.79 Å². The zero-order valence-electron chi connectivity index (χ0n) is 18.1. The van der Waals surface area contributed by atoms with Gasteiger partial charge in [0.05, 0.1) is 43.2 Å². The highest BCUT2D eigenvalue weighted by Gasteiger charge is 2.35. The lowest BCUT2D eigenvalue weighted by atomic mass is 10.0. The Morgan fingerprint density at radius 2 is 1.77 bits per heavy atom.